The van der Waals surface area contributed by atoms with Crippen molar-refractivity contribution in [2.45, 2.75) is 12.1 Å². The molecule has 4 rings (SSSR count). The van der Waals surface area contributed by atoms with Crippen LogP contribution in [0.3, 0.4) is 0 Å². The number of ether oxygens (including phenoxy) is 1. The number of halogens is 1. The van der Waals surface area contributed by atoms with Gasteiger partial charge in [-0.3, -0.25) is 0 Å². The van der Waals surface area contributed by atoms with Crippen molar-refractivity contribution in [2.24, 2.45) is 0 Å². The Labute approximate surface area is 161 Å². The van der Waals surface area contributed by atoms with Crippen molar-refractivity contribution in [3.05, 3.63) is 91.0 Å². The van der Waals surface area contributed by atoms with Crippen LogP contribution in [-0.2, 0) is 9.53 Å². The molecule has 0 radical (unpaired) electrons. The molecule has 26 heavy (non-hydrogen) atoms. The average Bonchev–Trinajstić information content (AvgIpc) is 3.16. The van der Waals surface area contributed by atoms with Gasteiger partial charge in [0.15, 0.2) is 0 Å². The van der Waals surface area contributed by atoms with Gasteiger partial charge in [-0.25, -0.2) is 0 Å². The van der Waals surface area contributed by atoms with Crippen molar-refractivity contribution in [2.75, 3.05) is 6.61 Å². The predicted octanol–water partition coefficient (Wildman–Crippen LogP) is 4.14. The first-order chi connectivity index (χ1) is 12.7. The van der Waals surface area contributed by atoms with E-state index in [1.165, 1.54) is 0 Å². The first kappa shape index (κ1) is 17.5. The maximum atomic E-state index is 12.9. The second-order valence-corrected chi connectivity index (χ2v) is 15.3. The van der Waals surface area contributed by atoms with E-state index < -0.39 is 5.31 Å². The van der Waals surface area contributed by atoms with Gasteiger partial charge in [0.1, 0.15) is 0 Å². The molecule has 1 unspecified atom stereocenters. The zero-order valence-corrected chi connectivity index (χ0v) is 16.8. The Morgan fingerprint density at radius 3 is 1.42 bits per heavy atom. The molecule has 3 aromatic rings. The summed E-state index contributed by atoms with van der Waals surface area (Å²) < 4.78 is 5.46. The molecule has 3 aromatic carbocycles. The Hall–Kier alpha value is -1.96. The van der Waals surface area contributed by atoms with Gasteiger partial charge in [-0.05, 0) is 0 Å². The Morgan fingerprint density at radius 2 is 1.12 bits per heavy atom. The molecular weight excluding hydrogens is 407 g/mol. The minimum absolute atomic E-state index is 0.115. The topological polar surface area (TPSA) is 26.3 Å². The average molecular weight is 427 g/mol. The summed E-state index contributed by atoms with van der Waals surface area (Å²) >= 11 is 4.31. The van der Waals surface area contributed by atoms with Gasteiger partial charge in [-0.2, -0.15) is 0 Å². The second kappa shape index (κ2) is 6.64. The molecule has 1 aliphatic heterocycles. The predicted molar refractivity (Wildman–Crippen MR) is 113 cm³/mol. The SMILES string of the molecule is O=C1OCCC1P(Br)(c1ccccc1)(c1ccccc1)c1ccccc1. The van der Waals surface area contributed by atoms with Gasteiger partial charge in [-0.1, -0.05) is 0 Å². The third-order valence-corrected chi connectivity index (χ3v) is 16.0. The Kier molecular flexibility index (Phi) is 4.46. The van der Waals surface area contributed by atoms with Gasteiger partial charge in [0, 0.05) is 0 Å². The fourth-order valence-corrected chi connectivity index (χ4v) is 12.6. The van der Waals surface area contributed by atoms with Crippen LogP contribution in [0.5, 0.6) is 0 Å². The summed E-state index contributed by atoms with van der Waals surface area (Å²) in [7, 11) is 0. The summed E-state index contributed by atoms with van der Waals surface area (Å²) in [5.41, 5.74) is -0.242. The normalized spacial score (nSPS) is 18.7. The molecule has 2 nitrogen and oxygen atoms in total. The summed E-state index contributed by atoms with van der Waals surface area (Å²) in [5.74, 6) is -0.115. The van der Waals surface area contributed by atoms with E-state index in [9.17, 15) is 4.79 Å². The molecule has 1 heterocycles. The molecule has 1 aliphatic rings. The van der Waals surface area contributed by atoms with Crippen LogP contribution in [0.25, 0.3) is 0 Å². The maximum absolute atomic E-state index is 12.9. The summed E-state index contributed by atoms with van der Waals surface area (Å²) in [5, 5.41) is 0.224. The molecule has 1 fully saturated rings. The summed E-state index contributed by atoms with van der Waals surface area (Å²) in [6.45, 7) is 0.472. The van der Waals surface area contributed by atoms with Crippen molar-refractivity contribution in [3.8, 4) is 0 Å². The van der Waals surface area contributed by atoms with Crippen molar-refractivity contribution >= 4 is 42.7 Å². The Morgan fingerprint density at radius 1 is 0.731 bits per heavy atom. The number of cyclic esters (lactones) is 1. The number of hydrogen-bond donors (Lipinski definition) is 0. The van der Waals surface area contributed by atoms with E-state index in [0.717, 1.165) is 15.9 Å². The monoisotopic (exact) mass is 426 g/mol. The fraction of sp³-hybridized carbons (Fsp3) is 0.136. The number of carbonyl (C=O) groups is 1. The molecule has 0 aromatic heterocycles. The molecule has 0 saturated carbocycles. The molecule has 0 spiro atoms. The molecule has 4 heteroatoms. The molecule has 132 valence electrons. The van der Waals surface area contributed by atoms with Crippen LogP contribution in [0.1, 0.15) is 6.42 Å². The number of carbonyl (C=O) groups excluding carboxylic acids is 1. The quantitative estimate of drug-likeness (QED) is 0.462. The van der Waals surface area contributed by atoms with E-state index in [4.69, 9.17) is 4.74 Å². The van der Waals surface area contributed by atoms with E-state index in [1.54, 1.807) is 0 Å². The number of benzene rings is 3. The van der Waals surface area contributed by atoms with Crippen LogP contribution in [0.15, 0.2) is 91.0 Å². The van der Waals surface area contributed by atoms with Gasteiger partial charge in [0.05, 0.1) is 0 Å². The first-order valence-corrected chi connectivity index (χ1v) is 13.0. The summed E-state index contributed by atoms with van der Waals surface area (Å²) in [6, 6.07) is 31.1. The van der Waals surface area contributed by atoms with Crippen LogP contribution < -0.4 is 15.9 Å². The molecule has 1 atom stereocenters. The molecule has 0 bridgehead atoms. The van der Waals surface area contributed by atoms with Gasteiger partial charge >= 0.3 is 162 Å². The number of rotatable bonds is 4. The standard InChI is InChI=1S/C22H20BrO2P/c23-26(18-10-4-1-5-11-18,19-12-6-2-7-13-19,20-14-8-3-9-15-20)21-16-17-25-22(21)24/h1-15,21H,16-17H2. The second-order valence-electron chi connectivity index (χ2n) is 6.55. The van der Waals surface area contributed by atoms with Crippen LogP contribution in [0, 0.1) is 0 Å². The Balaban J connectivity index is 2.16. The van der Waals surface area contributed by atoms with Gasteiger partial charge in [0.25, 0.3) is 0 Å². The van der Waals surface area contributed by atoms with E-state index in [-0.39, 0.29) is 11.6 Å². The number of esters is 1. The minimum atomic E-state index is -3.23. The summed E-state index contributed by atoms with van der Waals surface area (Å²) in [4.78, 5) is 12.9. The van der Waals surface area contributed by atoms with Gasteiger partial charge < -0.3 is 0 Å². The van der Waals surface area contributed by atoms with Crippen molar-refractivity contribution in [3.63, 3.8) is 0 Å². The molecule has 1 saturated heterocycles. The summed E-state index contributed by atoms with van der Waals surface area (Å²) in [6.07, 6.45) is 0.709. The van der Waals surface area contributed by atoms with Crippen LogP contribution in [0.4, 0.5) is 0 Å². The van der Waals surface area contributed by atoms with Gasteiger partial charge in [0.2, 0.25) is 0 Å². The molecule has 0 amide bonds. The third-order valence-electron chi connectivity index (χ3n) is 5.28. The fourth-order valence-electron chi connectivity index (χ4n) is 4.07. The van der Waals surface area contributed by atoms with E-state index in [0.29, 0.717) is 13.0 Å². The molecular formula is C22H20BrO2P. The first-order valence-electron chi connectivity index (χ1n) is 8.72. The van der Waals surface area contributed by atoms with Crippen molar-refractivity contribution in [1.29, 1.82) is 0 Å². The zero-order chi connectivity index (χ0) is 18.1. The van der Waals surface area contributed by atoms with Crippen molar-refractivity contribution in [1.82, 2.24) is 0 Å². The zero-order valence-electron chi connectivity index (χ0n) is 14.3. The van der Waals surface area contributed by atoms with Crippen LogP contribution in [-0.4, -0.2) is 18.2 Å². The van der Waals surface area contributed by atoms with E-state index >= 15 is 0 Å². The Bertz CT molecular complexity index is 813. The van der Waals surface area contributed by atoms with Crippen LogP contribution >= 0.6 is 20.8 Å². The van der Waals surface area contributed by atoms with Gasteiger partial charge in [-0.15, -0.1) is 0 Å². The van der Waals surface area contributed by atoms with E-state index in [1.807, 2.05) is 54.6 Å². The van der Waals surface area contributed by atoms with E-state index in [2.05, 4.69) is 51.9 Å². The molecule has 0 aliphatic carbocycles. The van der Waals surface area contributed by atoms with Crippen LogP contribution in [0.2, 0.25) is 0 Å². The molecule has 0 N–H and O–H groups in total. The third kappa shape index (κ3) is 2.38. The number of hydrogen-bond acceptors (Lipinski definition) is 2. The van der Waals surface area contributed by atoms with Crippen molar-refractivity contribution < 1.29 is 9.53 Å².